The fraction of sp³-hybridized carbons (Fsp3) is 0.222. The molecule has 0 aliphatic heterocycles. The molecule has 1 N–H and O–H groups in total. The van der Waals surface area contributed by atoms with Gasteiger partial charge in [-0.1, -0.05) is 13.8 Å². The van der Waals surface area contributed by atoms with Crippen molar-refractivity contribution in [2.24, 2.45) is 0 Å². The summed E-state index contributed by atoms with van der Waals surface area (Å²) in [7, 11) is 0. The molecule has 3 rings (SSSR count). The van der Waals surface area contributed by atoms with Crippen molar-refractivity contribution in [3.05, 3.63) is 64.4 Å². The van der Waals surface area contributed by atoms with Gasteiger partial charge in [-0.15, -0.1) is 10.2 Å². The molecule has 0 bridgehead atoms. The highest BCUT2D eigenvalue weighted by atomic mass is 19.1. The highest BCUT2D eigenvalue weighted by Gasteiger charge is 2.13. The Morgan fingerprint density at radius 1 is 1.19 bits per heavy atom. The zero-order valence-electron chi connectivity index (χ0n) is 14.6. The fourth-order valence-corrected chi connectivity index (χ4v) is 2.35. The van der Waals surface area contributed by atoms with Crippen LogP contribution < -0.4 is 10.9 Å². The van der Waals surface area contributed by atoms with Crippen molar-refractivity contribution in [1.29, 1.82) is 0 Å². The molecule has 27 heavy (non-hydrogen) atoms. The standard InChI is InChI=1S/C18H16F2N4O3/c1-10(2)17-22-23-18(27-17)11-3-4-16(26)24(8-11)9-15(25)21-14-6-12(19)5-13(20)7-14/h3-8,10H,9H2,1-2H3,(H,21,25). The van der Waals surface area contributed by atoms with E-state index in [0.717, 1.165) is 16.7 Å². The maximum Gasteiger partial charge on any atom is 0.251 e. The number of benzene rings is 1. The Hall–Kier alpha value is -3.36. The lowest BCUT2D eigenvalue weighted by atomic mass is 10.2. The molecule has 0 fully saturated rings. The van der Waals surface area contributed by atoms with Crippen molar-refractivity contribution in [2.75, 3.05) is 5.32 Å². The number of nitrogens with one attached hydrogen (secondary N) is 1. The van der Waals surface area contributed by atoms with Gasteiger partial charge in [0.15, 0.2) is 0 Å². The lowest BCUT2D eigenvalue weighted by Crippen LogP contribution is -2.26. The molecular formula is C18H16F2N4O3. The molecule has 2 aromatic heterocycles. The Morgan fingerprint density at radius 2 is 1.89 bits per heavy atom. The molecule has 2 heterocycles. The van der Waals surface area contributed by atoms with E-state index in [1.54, 1.807) is 0 Å². The van der Waals surface area contributed by atoms with Crippen molar-refractivity contribution in [2.45, 2.75) is 26.3 Å². The maximum absolute atomic E-state index is 13.2. The smallest absolute Gasteiger partial charge is 0.251 e. The van der Waals surface area contributed by atoms with E-state index >= 15 is 0 Å². The first kappa shape index (κ1) is 18.4. The third-order valence-electron chi connectivity index (χ3n) is 3.63. The maximum atomic E-state index is 13.2. The third kappa shape index (κ3) is 4.43. The van der Waals surface area contributed by atoms with E-state index < -0.39 is 23.1 Å². The molecule has 9 heteroatoms. The van der Waals surface area contributed by atoms with Crippen LogP contribution in [0.3, 0.4) is 0 Å². The first-order valence-corrected chi connectivity index (χ1v) is 8.12. The minimum Gasteiger partial charge on any atom is -0.420 e. The van der Waals surface area contributed by atoms with E-state index in [4.69, 9.17) is 4.42 Å². The Kier molecular flexibility index (Phi) is 5.11. The number of halogens is 2. The number of hydrogen-bond donors (Lipinski definition) is 1. The van der Waals surface area contributed by atoms with Crippen molar-refractivity contribution in [3.8, 4) is 11.5 Å². The van der Waals surface area contributed by atoms with Crippen molar-refractivity contribution >= 4 is 11.6 Å². The summed E-state index contributed by atoms with van der Waals surface area (Å²) >= 11 is 0. The molecule has 0 radical (unpaired) electrons. The average Bonchev–Trinajstić information content (AvgIpc) is 3.06. The summed E-state index contributed by atoms with van der Waals surface area (Å²) in [5, 5.41) is 10.2. The van der Waals surface area contributed by atoms with Crippen LogP contribution in [0.5, 0.6) is 0 Å². The van der Waals surface area contributed by atoms with E-state index in [2.05, 4.69) is 15.5 Å². The molecule has 0 saturated carbocycles. The summed E-state index contributed by atoms with van der Waals surface area (Å²) in [6.07, 6.45) is 1.41. The molecule has 3 aromatic rings. The number of hydrogen-bond acceptors (Lipinski definition) is 5. The summed E-state index contributed by atoms with van der Waals surface area (Å²) in [6.45, 7) is 3.45. The topological polar surface area (TPSA) is 90.0 Å². The lowest BCUT2D eigenvalue weighted by Gasteiger charge is -2.08. The number of anilines is 1. The number of carbonyl (C=O) groups excluding carboxylic acids is 1. The summed E-state index contributed by atoms with van der Waals surface area (Å²) in [6, 6.07) is 5.43. The minimum absolute atomic E-state index is 0.0415. The second kappa shape index (κ2) is 7.48. The predicted octanol–water partition coefficient (Wildman–Crippen LogP) is 2.94. The highest BCUT2D eigenvalue weighted by Crippen LogP contribution is 2.20. The minimum atomic E-state index is -0.818. The van der Waals surface area contributed by atoms with Gasteiger partial charge >= 0.3 is 0 Å². The van der Waals surface area contributed by atoms with Crippen LogP contribution in [0.2, 0.25) is 0 Å². The Labute approximate surface area is 152 Å². The van der Waals surface area contributed by atoms with Gasteiger partial charge < -0.3 is 14.3 Å². The molecule has 0 saturated heterocycles. The van der Waals surface area contributed by atoms with Gasteiger partial charge in [0.05, 0.1) is 5.56 Å². The van der Waals surface area contributed by atoms with Gasteiger partial charge in [0.2, 0.25) is 17.7 Å². The molecule has 1 aromatic carbocycles. The molecule has 0 atom stereocenters. The van der Waals surface area contributed by atoms with Gasteiger partial charge in [0.1, 0.15) is 18.2 Å². The number of rotatable bonds is 5. The van der Waals surface area contributed by atoms with Gasteiger partial charge in [-0.05, 0) is 18.2 Å². The third-order valence-corrected chi connectivity index (χ3v) is 3.63. The number of amides is 1. The number of aromatic nitrogens is 3. The van der Waals surface area contributed by atoms with Crippen molar-refractivity contribution in [1.82, 2.24) is 14.8 Å². The zero-order valence-corrected chi connectivity index (χ0v) is 14.6. The van der Waals surface area contributed by atoms with E-state index in [1.807, 2.05) is 13.8 Å². The second-order valence-corrected chi connectivity index (χ2v) is 6.19. The van der Waals surface area contributed by atoms with Crippen molar-refractivity contribution < 1.29 is 18.0 Å². The molecule has 0 aliphatic rings. The molecule has 140 valence electrons. The monoisotopic (exact) mass is 374 g/mol. The highest BCUT2D eigenvalue weighted by molar-refractivity contribution is 5.90. The van der Waals surface area contributed by atoms with Crippen LogP contribution in [0.25, 0.3) is 11.5 Å². The van der Waals surface area contributed by atoms with Crippen LogP contribution in [-0.2, 0) is 11.3 Å². The van der Waals surface area contributed by atoms with Crippen LogP contribution in [0.1, 0.15) is 25.7 Å². The SMILES string of the molecule is CC(C)c1nnc(-c2ccc(=O)n(CC(=O)Nc3cc(F)cc(F)c3)c2)o1. The van der Waals surface area contributed by atoms with E-state index in [1.165, 1.54) is 18.3 Å². The number of nitrogens with zero attached hydrogens (tertiary/aromatic N) is 3. The van der Waals surface area contributed by atoms with E-state index in [-0.39, 0.29) is 24.0 Å². The van der Waals surface area contributed by atoms with E-state index in [9.17, 15) is 18.4 Å². The Morgan fingerprint density at radius 3 is 2.52 bits per heavy atom. The van der Waals surface area contributed by atoms with Crippen LogP contribution in [0.4, 0.5) is 14.5 Å². The largest absolute Gasteiger partial charge is 0.420 e. The molecule has 0 unspecified atom stereocenters. The molecular weight excluding hydrogens is 358 g/mol. The predicted molar refractivity (Wildman–Crippen MR) is 93.1 cm³/mol. The Balaban J connectivity index is 1.79. The number of pyridine rings is 1. The first-order valence-electron chi connectivity index (χ1n) is 8.12. The zero-order chi connectivity index (χ0) is 19.6. The van der Waals surface area contributed by atoms with Gasteiger partial charge in [0.25, 0.3) is 5.56 Å². The molecule has 7 nitrogen and oxygen atoms in total. The number of carbonyl (C=O) groups is 1. The fourth-order valence-electron chi connectivity index (χ4n) is 2.35. The van der Waals surface area contributed by atoms with Crippen LogP contribution >= 0.6 is 0 Å². The summed E-state index contributed by atoms with van der Waals surface area (Å²) in [5.41, 5.74) is 0.00158. The van der Waals surface area contributed by atoms with Gasteiger partial charge in [-0.3, -0.25) is 9.59 Å². The lowest BCUT2D eigenvalue weighted by molar-refractivity contribution is -0.116. The van der Waals surface area contributed by atoms with Gasteiger partial charge in [-0.25, -0.2) is 8.78 Å². The van der Waals surface area contributed by atoms with Crippen LogP contribution in [0, 0.1) is 11.6 Å². The normalized spacial score (nSPS) is 11.0. The summed E-state index contributed by atoms with van der Waals surface area (Å²) in [5.74, 6) is -1.53. The molecule has 1 amide bonds. The van der Waals surface area contributed by atoms with Gasteiger partial charge in [0, 0.05) is 29.9 Å². The van der Waals surface area contributed by atoms with E-state index in [0.29, 0.717) is 17.5 Å². The Bertz CT molecular complexity index is 1020. The van der Waals surface area contributed by atoms with Crippen LogP contribution in [0.15, 0.2) is 45.7 Å². The van der Waals surface area contributed by atoms with Crippen LogP contribution in [-0.4, -0.2) is 20.7 Å². The quantitative estimate of drug-likeness (QED) is 0.742. The summed E-state index contributed by atoms with van der Waals surface area (Å²) in [4.78, 5) is 24.1. The second-order valence-electron chi connectivity index (χ2n) is 6.19. The average molecular weight is 374 g/mol. The van der Waals surface area contributed by atoms with Crippen molar-refractivity contribution in [3.63, 3.8) is 0 Å². The first-order chi connectivity index (χ1) is 12.8. The summed E-state index contributed by atoms with van der Waals surface area (Å²) < 4.78 is 33.1. The van der Waals surface area contributed by atoms with Gasteiger partial charge in [-0.2, -0.15) is 0 Å². The molecule has 0 spiro atoms. The molecule has 0 aliphatic carbocycles.